The number of nitrogens with two attached hydrogens (primary N) is 1. The topological polar surface area (TPSA) is 117 Å². The Balaban J connectivity index is 2.80. The van der Waals surface area contributed by atoms with Crippen LogP contribution in [0.5, 0.6) is 5.75 Å². The fraction of sp³-hybridized carbons (Fsp3) is 0.333. The number of rotatable bonds is 4. The van der Waals surface area contributed by atoms with Crippen LogP contribution in [0.25, 0.3) is 0 Å². The summed E-state index contributed by atoms with van der Waals surface area (Å²) in [7, 11) is 0. The van der Waals surface area contributed by atoms with Gasteiger partial charge in [-0.3, -0.25) is 9.78 Å². The van der Waals surface area contributed by atoms with E-state index >= 15 is 0 Å². The minimum atomic E-state index is -1.43. The second kappa shape index (κ2) is 4.72. The van der Waals surface area contributed by atoms with Crippen LogP contribution in [0, 0.1) is 0 Å². The number of aromatic nitrogens is 1. The molecule has 0 aromatic carbocycles. The van der Waals surface area contributed by atoms with Crippen molar-refractivity contribution in [3.63, 3.8) is 0 Å². The molecule has 0 saturated carbocycles. The van der Waals surface area contributed by atoms with E-state index in [1.165, 1.54) is 18.3 Å². The lowest BCUT2D eigenvalue weighted by molar-refractivity contribution is -0.121. The lowest BCUT2D eigenvalue weighted by Crippen LogP contribution is -2.26. The van der Waals surface area contributed by atoms with Crippen LogP contribution in [0.3, 0.4) is 0 Å². The van der Waals surface area contributed by atoms with Crippen molar-refractivity contribution < 1.29 is 20.1 Å². The van der Waals surface area contributed by atoms with Crippen molar-refractivity contribution >= 4 is 5.91 Å². The van der Waals surface area contributed by atoms with E-state index in [2.05, 4.69) is 4.98 Å². The fourth-order valence-corrected chi connectivity index (χ4v) is 1.14. The van der Waals surface area contributed by atoms with Gasteiger partial charge in [-0.05, 0) is 12.1 Å². The van der Waals surface area contributed by atoms with Gasteiger partial charge in [-0.15, -0.1) is 0 Å². The molecule has 1 rings (SSSR count). The van der Waals surface area contributed by atoms with Crippen molar-refractivity contribution in [2.45, 2.75) is 18.6 Å². The Hall–Kier alpha value is -1.66. The maximum atomic E-state index is 10.5. The Morgan fingerprint density at radius 1 is 1.53 bits per heavy atom. The third-order valence-electron chi connectivity index (χ3n) is 1.87. The molecule has 6 heteroatoms. The SMILES string of the molecule is NC(=O)CC(O)C(O)c1ncccc1O. The van der Waals surface area contributed by atoms with Gasteiger partial charge in [-0.2, -0.15) is 0 Å². The average molecular weight is 212 g/mol. The minimum Gasteiger partial charge on any atom is -0.506 e. The highest BCUT2D eigenvalue weighted by Crippen LogP contribution is 2.24. The van der Waals surface area contributed by atoms with Crippen LogP contribution in [-0.4, -0.2) is 32.3 Å². The maximum absolute atomic E-state index is 10.5. The summed E-state index contributed by atoms with van der Waals surface area (Å²) in [6, 6.07) is 2.80. The van der Waals surface area contributed by atoms with Gasteiger partial charge in [0.15, 0.2) is 0 Å². The van der Waals surface area contributed by atoms with Gasteiger partial charge in [0.1, 0.15) is 17.5 Å². The summed E-state index contributed by atoms with van der Waals surface area (Å²) >= 11 is 0. The van der Waals surface area contributed by atoms with Crippen LogP contribution < -0.4 is 5.73 Å². The lowest BCUT2D eigenvalue weighted by Gasteiger charge is -2.16. The predicted molar refractivity (Wildman–Crippen MR) is 50.7 cm³/mol. The average Bonchev–Trinajstić information content (AvgIpc) is 2.16. The minimum absolute atomic E-state index is 0.0775. The molecule has 0 spiro atoms. The van der Waals surface area contributed by atoms with Gasteiger partial charge in [0, 0.05) is 6.20 Å². The van der Waals surface area contributed by atoms with Crippen molar-refractivity contribution in [2.75, 3.05) is 0 Å². The van der Waals surface area contributed by atoms with E-state index in [-0.39, 0.29) is 11.4 Å². The molecule has 1 aromatic heterocycles. The molecule has 2 unspecified atom stereocenters. The number of hydrogen-bond donors (Lipinski definition) is 4. The zero-order valence-corrected chi connectivity index (χ0v) is 7.87. The number of aliphatic hydroxyl groups is 2. The molecule has 1 heterocycles. The van der Waals surface area contributed by atoms with Crippen molar-refractivity contribution in [1.82, 2.24) is 4.98 Å². The van der Waals surface area contributed by atoms with Crippen LogP contribution in [0.4, 0.5) is 0 Å². The summed E-state index contributed by atoms with van der Waals surface area (Å²) in [6.07, 6.45) is -1.84. The molecule has 1 aromatic rings. The van der Waals surface area contributed by atoms with Crippen LogP contribution in [0.1, 0.15) is 18.2 Å². The molecule has 82 valence electrons. The molecule has 6 nitrogen and oxygen atoms in total. The van der Waals surface area contributed by atoms with E-state index in [0.717, 1.165) is 0 Å². The van der Waals surface area contributed by atoms with Gasteiger partial charge >= 0.3 is 0 Å². The zero-order chi connectivity index (χ0) is 11.4. The molecule has 1 amide bonds. The molecule has 0 bridgehead atoms. The Morgan fingerprint density at radius 2 is 2.20 bits per heavy atom. The van der Waals surface area contributed by atoms with Crippen molar-refractivity contribution in [3.05, 3.63) is 24.0 Å². The molecule has 0 aliphatic rings. The Morgan fingerprint density at radius 3 is 2.73 bits per heavy atom. The van der Waals surface area contributed by atoms with E-state index < -0.39 is 24.5 Å². The molecular formula is C9H12N2O4. The lowest BCUT2D eigenvalue weighted by atomic mass is 10.1. The van der Waals surface area contributed by atoms with E-state index in [4.69, 9.17) is 5.73 Å². The van der Waals surface area contributed by atoms with Gasteiger partial charge in [-0.25, -0.2) is 0 Å². The molecular weight excluding hydrogens is 200 g/mol. The highest BCUT2D eigenvalue weighted by molar-refractivity contribution is 5.74. The fourth-order valence-electron chi connectivity index (χ4n) is 1.14. The molecule has 5 N–H and O–H groups in total. The third-order valence-corrected chi connectivity index (χ3v) is 1.87. The number of carbonyl (C=O) groups excluding carboxylic acids is 1. The Bertz CT molecular complexity index is 356. The first-order valence-electron chi connectivity index (χ1n) is 4.30. The van der Waals surface area contributed by atoms with E-state index in [9.17, 15) is 20.1 Å². The summed E-state index contributed by atoms with van der Waals surface area (Å²) in [5.74, 6) is -0.981. The monoisotopic (exact) mass is 212 g/mol. The van der Waals surface area contributed by atoms with Crippen LogP contribution in [-0.2, 0) is 4.79 Å². The second-order valence-electron chi connectivity index (χ2n) is 3.09. The smallest absolute Gasteiger partial charge is 0.220 e. The molecule has 0 aliphatic heterocycles. The molecule has 0 aliphatic carbocycles. The van der Waals surface area contributed by atoms with Crippen LogP contribution in [0.2, 0.25) is 0 Å². The standard InChI is InChI=1S/C9H12N2O4/c10-7(14)4-6(13)9(15)8-5(12)2-1-3-11-8/h1-3,6,9,12-13,15H,4H2,(H2,10,14). The van der Waals surface area contributed by atoms with Gasteiger partial charge in [-0.1, -0.05) is 0 Å². The first-order valence-corrected chi connectivity index (χ1v) is 4.30. The molecule has 0 saturated heterocycles. The molecule has 0 radical (unpaired) electrons. The number of pyridine rings is 1. The highest BCUT2D eigenvalue weighted by Gasteiger charge is 2.23. The predicted octanol–water partition coefficient (Wildman–Crippen LogP) is -0.943. The summed E-state index contributed by atoms with van der Waals surface area (Å²) < 4.78 is 0. The number of hydrogen-bond acceptors (Lipinski definition) is 5. The first-order chi connectivity index (χ1) is 7.02. The highest BCUT2D eigenvalue weighted by atomic mass is 16.3. The van der Waals surface area contributed by atoms with E-state index in [1.807, 2.05) is 0 Å². The summed E-state index contributed by atoms with van der Waals surface area (Å²) in [5.41, 5.74) is 4.78. The van der Waals surface area contributed by atoms with Gasteiger partial charge in [0.25, 0.3) is 0 Å². The third kappa shape index (κ3) is 2.90. The van der Waals surface area contributed by atoms with Gasteiger partial charge in [0.05, 0.1) is 12.5 Å². The number of nitrogens with zero attached hydrogens (tertiary/aromatic N) is 1. The quantitative estimate of drug-likeness (QED) is 0.513. The largest absolute Gasteiger partial charge is 0.506 e. The van der Waals surface area contributed by atoms with E-state index in [0.29, 0.717) is 0 Å². The van der Waals surface area contributed by atoms with Gasteiger partial charge < -0.3 is 21.1 Å². The maximum Gasteiger partial charge on any atom is 0.220 e. The molecule has 0 fully saturated rings. The summed E-state index contributed by atoms with van der Waals surface area (Å²) in [4.78, 5) is 14.2. The normalized spacial score (nSPS) is 14.5. The number of amides is 1. The number of aliphatic hydroxyl groups excluding tert-OH is 2. The van der Waals surface area contributed by atoms with Crippen LogP contribution >= 0.6 is 0 Å². The molecule has 15 heavy (non-hydrogen) atoms. The number of primary amides is 1. The Labute approximate surface area is 86.0 Å². The zero-order valence-electron chi connectivity index (χ0n) is 7.87. The first kappa shape index (κ1) is 11.4. The van der Waals surface area contributed by atoms with Crippen molar-refractivity contribution in [3.8, 4) is 5.75 Å². The van der Waals surface area contributed by atoms with Crippen molar-refractivity contribution in [1.29, 1.82) is 0 Å². The van der Waals surface area contributed by atoms with Crippen molar-refractivity contribution in [2.24, 2.45) is 5.73 Å². The van der Waals surface area contributed by atoms with E-state index in [1.54, 1.807) is 0 Å². The Kier molecular flexibility index (Phi) is 3.59. The molecule has 2 atom stereocenters. The summed E-state index contributed by atoms with van der Waals surface area (Å²) in [5, 5.41) is 28.2. The van der Waals surface area contributed by atoms with Gasteiger partial charge in [0.2, 0.25) is 5.91 Å². The second-order valence-corrected chi connectivity index (χ2v) is 3.09. The number of carbonyl (C=O) groups is 1. The number of aromatic hydroxyl groups is 1. The van der Waals surface area contributed by atoms with Crippen LogP contribution in [0.15, 0.2) is 18.3 Å². The summed E-state index contributed by atoms with van der Waals surface area (Å²) in [6.45, 7) is 0.